The number of carbonyl (C=O) groups is 2. The molecular formula is C22H33N3O3. The van der Waals surface area contributed by atoms with Crippen LogP contribution in [0.4, 0.5) is 0 Å². The van der Waals surface area contributed by atoms with Crippen LogP contribution in [0.25, 0.3) is 0 Å². The predicted octanol–water partition coefficient (Wildman–Crippen LogP) is 2.41. The molecule has 6 heteroatoms. The maximum Gasteiger partial charge on any atom is 0.239 e. The SMILES string of the molecule is CC[C@H](C)[C@H](N)C(=O)N1CCC2(CC1)CC(=O)N(Cc1cccc(OC)c1)C2. The van der Waals surface area contributed by atoms with Crippen molar-refractivity contribution in [2.24, 2.45) is 17.1 Å². The maximum atomic E-state index is 12.7. The molecule has 2 fully saturated rings. The van der Waals surface area contributed by atoms with E-state index < -0.39 is 6.04 Å². The lowest BCUT2D eigenvalue weighted by atomic mass is 9.77. The molecule has 0 radical (unpaired) electrons. The molecule has 3 rings (SSSR count). The summed E-state index contributed by atoms with van der Waals surface area (Å²) in [6.45, 7) is 6.86. The highest BCUT2D eigenvalue weighted by Crippen LogP contribution is 2.41. The predicted molar refractivity (Wildman–Crippen MR) is 109 cm³/mol. The van der Waals surface area contributed by atoms with Crippen LogP contribution in [-0.2, 0) is 16.1 Å². The molecule has 6 nitrogen and oxygen atoms in total. The molecule has 2 heterocycles. The van der Waals surface area contributed by atoms with Crippen molar-refractivity contribution in [3.63, 3.8) is 0 Å². The Bertz CT molecular complexity index is 713. The molecule has 2 aliphatic heterocycles. The lowest BCUT2D eigenvalue weighted by molar-refractivity contribution is -0.136. The first kappa shape index (κ1) is 20.6. The monoisotopic (exact) mass is 387 g/mol. The van der Waals surface area contributed by atoms with E-state index in [1.54, 1.807) is 7.11 Å². The average Bonchev–Trinajstić information content (AvgIpc) is 3.01. The smallest absolute Gasteiger partial charge is 0.239 e. The lowest BCUT2D eigenvalue weighted by Gasteiger charge is -2.40. The Labute approximate surface area is 168 Å². The van der Waals surface area contributed by atoms with Gasteiger partial charge in [-0.25, -0.2) is 0 Å². The van der Waals surface area contributed by atoms with E-state index in [2.05, 4.69) is 6.92 Å². The highest BCUT2D eigenvalue weighted by atomic mass is 16.5. The fourth-order valence-electron chi connectivity index (χ4n) is 4.36. The molecule has 2 saturated heterocycles. The summed E-state index contributed by atoms with van der Waals surface area (Å²) >= 11 is 0. The fourth-order valence-corrected chi connectivity index (χ4v) is 4.36. The Kier molecular flexibility index (Phi) is 6.28. The van der Waals surface area contributed by atoms with Gasteiger partial charge in [-0.05, 0) is 36.5 Å². The van der Waals surface area contributed by atoms with Crippen LogP contribution in [0.15, 0.2) is 24.3 Å². The van der Waals surface area contributed by atoms with E-state index in [0.717, 1.165) is 37.1 Å². The number of benzene rings is 1. The number of hydrogen-bond donors (Lipinski definition) is 1. The molecule has 1 aromatic rings. The maximum absolute atomic E-state index is 12.7. The summed E-state index contributed by atoms with van der Waals surface area (Å²) in [5.74, 6) is 1.26. The zero-order chi connectivity index (χ0) is 20.3. The Morgan fingerprint density at radius 1 is 1.32 bits per heavy atom. The van der Waals surface area contributed by atoms with Gasteiger partial charge < -0.3 is 20.3 Å². The number of nitrogens with two attached hydrogens (primary N) is 1. The molecule has 1 aromatic carbocycles. The van der Waals surface area contributed by atoms with Gasteiger partial charge in [0.1, 0.15) is 5.75 Å². The van der Waals surface area contributed by atoms with Crippen LogP contribution in [0, 0.1) is 11.3 Å². The second-order valence-electron chi connectivity index (χ2n) is 8.51. The third-order valence-corrected chi connectivity index (χ3v) is 6.59. The van der Waals surface area contributed by atoms with Gasteiger partial charge in [-0.2, -0.15) is 0 Å². The number of likely N-dealkylation sites (tertiary alicyclic amines) is 2. The minimum atomic E-state index is -0.422. The van der Waals surface area contributed by atoms with Gasteiger partial charge in [-0.3, -0.25) is 9.59 Å². The summed E-state index contributed by atoms with van der Waals surface area (Å²) in [7, 11) is 1.65. The Balaban J connectivity index is 1.58. The van der Waals surface area contributed by atoms with E-state index in [-0.39, 0.29) is 23.1 Å². The van der Waals surface area contributed by atoms with Crippen LogP contribution in [0.2, 0.25) is 0 Å². The quantitative estimate of drug-likeness (QED) is 0.813. The molecule has 28 heavy (non-hydrogen) atoms. The van der Waals surface area contributed by atoms with Crippen LogP contribution in [0.1, 0.15) is 45.1 Å². The van der Waals surface area contributed by atoms with Crippen LogP contribution in [-0.4, -0.2) is 54.4 Å². The number of rotatable bonds is 6. The number of hydrogen-bond acceptors (Lipinski definition) is 4. The van der Waals surface area contributed by atoms with Crippen LogP contribution in [0.3, 0.4) is 0 Å². The van der Waals surface area contributed by atoms with Crippen molar-refractivity contribution in [3.8, 4) is 5.75 Å². The zero-order valence-corrected chi connectivity index (χ0v) is 17.3. The topological polar surface area (TPSA) is 75.9 Å². The van der Waals surface area contributed by atoms with Crippen molar-refractivity contribution in [2.45, 2.75) is 52.1 Å². The van der Waals surface area contributed by atoms with Gasteiger partial charge in [0.25, 0.3) is 0 Å². The number of ether oxygens (including phenoxy) is 1. The Hall–Kier alpha value is -2.08. The van der Waals surface area contributed by atoms with Crippen LogP contribution in [0.5, 0.6) is 5.75 Å². The number of amides is 2. The normalized spacial score (nSPS) is 21.1. The van der Waals surface area contributed by atoms with E-state index in [9.17, 15) is 9.59 Å². The third-order valence-electron chi connectivity index (χ3n) is 6.59. The Morgan fingerprint density at radius 3 is 2.68 bits per heavy atom. The fraction of sp³-hybridized carbons (Fsp3) is 0.636. The van der Waals surface area contributed by atoms with E-state index in [1.807, 2.05) is 41.0 Å². The first-order valence-corrected chi connectivity index (χ1v) is 10.3. The Morgan fingerprint density at radius 2 is 2.04 bits per heavy atom. The molecule has 1 spiro atoms. The number of piperidine rings is 1. The van der Waals surface area contributed by atoms with Crippen molar-refractivity contribution in [1.29, 1.82) is 0 Å². The molecule has 0 bridgehead atoms. The van der Waals surface area contributed by atoms with Crippen molar-refractivity contribution >= 4 is 11.8 Å². The number of methoxy groups -OCH3 is 1. The zero-order valence-electron chi connectivity index (χ0n) is 17.3. The number of carbonyl (C=O) groups excluding carboxylic acids is 2. The van der Waals surface area contributed by atoms with Gasteiger partial charge in [0.05, 0.1) is 13.2 Å². The van der Waals surface area contributed by atoms with E-state index in [4.69, 9.17) is 10.5 Å². The van der Waals surface area contributed by atoms with E-state index in [0.29, 0.717) is 26.1 Å². The average molecular weight is 388 g/mol. The minimum absolute atomic E-state index is 0.00675. The largest absolute Gasteiger partial charge is 0.497 e. The summed E-state index contributed by atoms with van der Waals surface area (Å²) < 4.78 is 5.28. The van der Waals surface area contributed by atoms with Gasteiger partial charge in [-0.1, -0.05) is 32.4 Å². The highest BCUT2D eigenvalue weighted by molar-refractivity contribution is 5.82. The van der Waals surface area contributed by atoms with Gasteiger partial charge in [0.15, 0.2) is 0 Å². The van der Waals surface area contributed by atoms with E-state index in [1.165, 1.54) is 0 Å². The highest BCUT2D eigenvalue weighted by Gasteiger charge is 2.45. The second kappa shape index (κ2) is 8.52. The molecule has 0 aromatic heterocycles. The van der Waals surface area contributed by atoms with Gasteiger partial charge >= 0.3 is 0 Å². The van der Waals surface area contributed by atoms with Crippen molar-refractivity contribution < 1.29 is 14.3 Å². The minimum Gasteiger partial charge on any atom is -0.497 e. The summed E-state index contributed by atoms with van der Waals surface area (Å²) in [6.07, 6.45) is 3.22. The lowest BCUT2D eigenvalue weighted by Crippen LogP contribution is -2.51. The molecule has 2 N–H and O–H groups in total. The first-order valence-electron chi connectivity index (χ1n) is 10.3. The molecule has 2 aliphatic rings. The molecule has 2 amide bonds. The first-order chi connectivity index (χ1) is 13.4. The number of nitrogens with zero attached hydrogens (tertiary/aromatic N) is 2. The second-order valence-corrected chi connectivity index (χ2v) is 8.51. The summed E-state index contributed by atoms with van der Waals surface area (Å²) in [5, 5.41) is 0. The molecule has 0 unspecified atom stereocenters. The van der Waals surface area contributed by atoms with Crippen molar-refractivity contribution in [1.82, 2.24) is 9.80 Å². The standard InChI is InChI=1S/C22H33N3O3/c1-4-16(2)20(23)21(27)24-10-8-22(9-11-24)13-19(26)25(15-22)14-17-6-5-7-18(12-17)28-3/h5-7,12,16,20H,4,8-11,13-15,23H2,1-3H3/t16-,20-/m0/s1. The van der Waals surface area contributed by atoms with Gasteiger partial charge in [-0.15, -0.1) is 0 Å². The molecule has 0 aliphatic carbocycles. The third kappa shape index (κ3) is 4.32. The summed E-state index contributed by atoms with van der Waals surface area (Å²) in [6, 6.07) is 7.45. The van der Waals surface area contributed by atoms with Gasteiger partial charge in [0.2, 0.25) is 11.8 Å². The van der Waals surface area contributed by atoms with Crippen LogP contribution >= 0.6 is 0 Å². The van der Waals surface area contributed by atoms with Crippen molar-refractivity contribution in [2.75, 3.05) is 26.7 Å². The summed E-state index contributed by atoms with van der Waals surface area (Å²) in [5.41, 5.74) is 7.21. The van der Waals surface area contributed by atoms with E-state index >= 15 is 0 Å². The molecule has 154 valence electrons. The summed E-state index contributed by atoms with van der Waals surface area (Å²) in [4.78, 5) is 29.2. The molecule has 0 saturated carbocycles. The van der Waals surface area contributed by atoms with Crippen LogP contribution < -0.4 is 10.5 Å². The molecule has 2 atom stereocenters. The van der Waals surface area contributed by atoms with Gasteiger partial charge in [0, 0.05) is 38.0 Å². The van der Waals surface area contributed by atoms with Crippen molar-refractivity contribution in [3.05, 3.63) is 29.8 Å². The molecular weight excluding hydrogens is 354 g/mol.